The summed E-state index contributed by atoms with van der Waals surface area (Å²) in [4.78, 5) is 8.67. The van der Waals surface area contributed by atoms with Gasteiger partial charge in [-0.3, -0.25) is 4.98 Å². The van der Waals surface area contributed by atoms with Crippen LogP contribution in [0.15, 0.2) is 24.4 Å². The highest BCUT2D eigenvalue weighted by Crippen LogP contribution is 2.14. The van der Waals surface area contributed by atoms with Crippen LogP contribution >= 0.6 is 0 Å². The van der Waals surface area contributed by atoms with E-state index < -0.39 is 0 Å². The third-order valence-corrected chi connectivity index (χ3v) is 2.11. The van der Waals surface area contributed by atoms with E-state index in [-0.39, 0.29) is 0 Å². The number of nitrogens with one attached hydrogen (secondary N) is 1. The van der Waals surface area contributed by atoms with Crippen molar-refractivity contribution < 1.29 is 0 Å². The molecule has 0 aliphatic carbocycles. The zero-order chi connectivity index (χ0) is 11.5. The van der Waals surface area contributed by atoms with E-state index in [1.807, 2.05) is 19.9 Å². The van der Waals surface area contributed by atoms with Gasteiger partial charge in [-0.2, -0.15) is 5.26 Å². The predicted octanol–water partition coefficient (Wildman–Crippen LogP) is 2.32. The predicted molar refractivity (Wildman–Crippen MR) is 63.0 cm³/mol. The van der Waals surface area contributed by atoms with Gasteiger partial charge in [0.1, 0.15) is 5.82 Å². The lowest BCUT2D eigenvalue weighted by molar-refractivity contribution is 0.889. The lowest BCUT2D eigenvalue weighted by Crippen LogP contribution is -2.11. The highest BCUT2D eigenvalue weighted by atomic mass is 15.0. The molecule has 0 saturated heterocycles. The molecule has 0 radical (unpaired) electrons. The van der Waals surface area contributed by atoms with Crippen LogP contribution in [0.1, 0.15) is 19.4 Å². The molecule has 4 nitrogen and oxygen atoms in total. The molecule has 16 heavy (non-hydrogen) atoms. The summed E-state index contributed by atoms with van der Waals surface area (Å²) in [5, 5.41) is 11.9. The van der Waals surface area contributed by atoms with E-state index in [2.05, 4.69) is 21.4 Å². The van der Waals surface area contributed by atoms with Gasteiger partial charge in [-0.05, 0) is 32.0 Å². The Balaban J connectivity index is 2.44. The van der Waals surface area contributed by atoms with Gasteiger partial charge in [0.2, 0.25) is 0 Å². The fourth-order valence-electron chi connectivity index (χ4n) is 1.45. The molecule has 1 heterocycles. The van der Waals surface area contributed by atoms with Crippen molar-refractivity contribution in [2.75, 3.05) is 5.32 Å². The Morgan fingerprint density at radius 2 is 2.12 bits per heavy atom. The first kappa shape index (κ1) is 10.4. The first-order valence-corrected chi connectivity index (χ1v) is 5.12. The fraction of sp³-hybridized carbons (Fsp3) is 0.250. The van der Waals surface area contributed by atoms with Gasteiger partial charge >= 0.3 is 0 Å². The van der Waals surface area contributed by atoms with Gasteiger partial charge in [0, 0.05) is 6.04 Å². The van der Waals surface area contributed by atoms with E-state index in [0.717, 1.165) is 16.9 Å². The fourth-order valence-corrected chi connectivity index (χ4v) is 1.45. The Labute approximate surface area is 94.0 Å². The van der Waals surface area contributed by atoms with Gasteiger partial charge in [-0.25, -0.2) is 4.98 Å². The number of aromatic nitrogens is 2. The van der Waals surface area contributed by atoms with Gasteiger partial charge < -0.3 is 5.32 Å². The molecule has 0 atom stereocenters. The molecule has 0 unspecified atom stereocenters. The van der Waals surface area contributed by atoms with Crippen LogP contribution in [-0.4, -0.2) is 16.0 Å². The Hall–Kier alpha value is -2.15. The molecule has 80 valence electrons. The largest absolute Gasteiger partial charge is 0.367 e. The van der Waals surface area contributed by atoms with Crippen molar-refractivity contribution in [2.24, 2.45) is 0 Å². The van der Waals surface area contributed by atoms with Gasteiger partial charge in [0.05, 0.1) is 28.9 Å². The van der Waals surface area contributed by atoms with E-state index in [0.29, 0.717) is 11.6 Å². The first-order valence-electron chi connectivity index (χ1n) is 5.12. The average molecular weight is 212 g/mol. The zero-order valence-electron chi connectivity index (χ0n) is 9.23. The molecule has 0 saturated carbocycles. The summed E-state index contributed by atoms with van der Waals surface area (Å²) in [7, 11) is 0. The number of hydrogen-bond donors (Lipinski definition) is 1. The smallest absolute Gasteiger partial charge is 0.145 e. The molecule has 0 aliphatic heterocycles. The minimum atomic E-state index is 0.324. The number of benzene rings is 1. The Kier molecular flexibility index (Phi) is 2.69. The summed E-state index contributed by atoms with van der Waals surface area (Å²) in [6.45, 7) is 4.09. The zero-order valence-corrected chi connectivity index (χ0v) is 9.23. The number of rotatable bonds is 2. The molecule has 1 aromatic heterocycles. The molecule has 2 aromatic rings. The second-order valence-corrected chi connectivity index (χ2v) is 3.87. The SMILES string of the molecule is CC(C)Nc1cnc2cc(C#N)ccc2n1. The summed E-state index contributed by atoms with van der Waals surface area (Å²) in [6, 6.07) is 7.70. The maximum Gasteiger partial charge on any atom is 0.145 e. The van der Waals surface area contributed by atoms with E-state index in [1.54, 1.807) is 18.3 Å². The molecule has 1 N–H and O–H groups in total. The monoisotopic (exact) mass is 212 g/mol. The van der Waals surface area contributed by atoms with Crippen molar-refractivity contribution in [1.82, 2.24) is 9.97 Å². The lowest BCUT2D eigenvalue weighted by atomic mass is 10.2. The maximum absolute atomic E-state index is 8.76. The Morgan fingerprint density at radius 3 is 2.81 bits per heavy atom. The molecule has 0 bridgehead atoms. The Bertz CT molecular complexity index is 554. The Morgan fingerprint density at radius 1 is 1.31 bits per heavy atom. The number of anilines is 1. The van der Waals surface area contributed by atoms with Crippen molar-refractivity contribution in [3.63, 3.8) is 0 Å². The van der Waals surface area contributed by atoms with Crippen molar-refractivity contribution >= 4 is 16.9 Å². The molecular weight excluding hydrogens is 200 g/mol. The normalized spacial score (nSPS) is 10.4. The van der Waals surface area contributed by atoms with Crippen LogP contribution in [0.5, 0.6) is 0 Å². The van der Waals surface area contributed by atoms with E-state index in [1.165, 1.54) is 0 Å². The van der Waals surface area contributed by atoms with Crippen LogP contribution < -0.4 is 5.32 Å². The number of nitrogens with zero attached hydrogens (tertiary/aromatic N) is 3. The van der Waals surface area contributed by atoms with Crippen molar-refractivity contribution in [3.05, 3.63) is 30.0 Å². The standard InChI is InChI=1S/C12H12N4/c1-8(2)15-12-7-14-11-5-9(6-13)3-4-10(11)16-12/h3-5,7-8H,1-2H3,(H,15,16). The molecular formula is C12H12N4. The van der Waals surface area contributed by atoms with Gasteiger partial charge in [-0.1, -0.05) is 0 Å². The van der Waals surface area contributed by atoms with Crippen LogP contribution in [0.2, 0.25) is 0 Å². The van der Waals surface area contributed by atoms with Crippen molar-refractivity contribution in [1.29, 1.82) is 5.26 Å². The second-order valence-electron chi connectivity index (χ2n) is 3.87. The van der Waals surface area contributed by atoms with Crippen LogP contribution in [0.4, 0.5) is 5.82 Å². The lowest BCUT2D eigenvalue weighted by Gasteiger charge is -2.08. The molecule has 0 spiro atoms. The molecule has 1 aromatic carbocycles. The van der Waals surface area contributed by atoms with E-state index in [9.17, 15) is 0 Å². The third kappa shape index (κ3) is 2.09. The topological polar surface area (TPSA) is 61.6 Å². The van der Waals surface area contributed by atoms with Gasteiger partial charge in [0.15, 0.2) is 0 Å². The molecule has 4 heteroatoms. The number of fused-ring (bicyclic) bond motifs is 1. The van der Waals surface area contributed by atoms with Gasteiger partial charge in [-0.15, -0.1) is 0 Å². The summed E-state index contributed by atoms with van der Waals surface area (Å²) >= 11 is 0. The molecule has 2 rings (SSSR count). The van der Waals surface area contributed by atoms with Crippen molar-refractivity contribution in [3.8, 4) is 6.07 Å². The highest BCUT2D eigenvalue weighted by molar-refractivity contribution is 5.77. The number of nitriles is 1. The summed E-state index contributed by atoms with van der Waals surface area (Å²) < 4.78 is 0. The maximum atomic E-state index is 8.76. The second kappa shape index (κ2) is 4.15. The van der Waals surface area contributed by atoms with Crippen LogP contribution in [0, 0.1) is 11.3 Å². The summed E-state index contributed by atoms with van der Waals surface area (Å²) in [6.07, 6.45) is 1.68. The summed E-state index contributed by atoms with van der Waals surface area (Å²) in [5.74, 6) is 0.757. The molecule has 0 amide bonds. The van der Waals surface area contributed by atoms with Crippen LogP contribution in [0.3, 0.4) is 0 Å². The van der Waals surface area contributed by atoms with Crippen molar-refractivity contribution in [2.45, 2.75) is 19.9 Å². The molecule has 0 aliphatic rings. The highest BCUT2D eigenvalue weighted by Gasteiger charge is 2.01. The quantitative estimate of drug-likeness (QED) is 0.829. The minimum absolute atomic E-state index is 0.324. The average Bonchev–Trinajstić information content (AvgIpc) is 2.27. The summed E-state index contributed by atoms with van der Waals surface area (Å²) in [5.41, 5.74) is 2.14. The van der Waals surface area contributed by atoms with Crippen LogP contribution in [-0.2, 0) is 0 Å². The number of hydrogen-bond acceptors (Lipinski definition) is 4. The third-order valence-electron chi connectivity index (χ3n) is 2.11. The van der Waals surface area contributed by atoms with E-state index in [4.69, 9.17) is 5.26 Å². The first-order chi connectivity index (χ1) is 7.69. The minimum Gasteiger partial charge on any atom is -0.367 e. The molecule has 0 fully saturated rings. The van der Waals surface area contributed by atoms with Gasteiger partial charge in [0.25, 0.3) is 0 Å². The van der Waals surface area contributed by atoms with E-state index >= 15 is 0 Å². The van der Waals surface area contributed by atoms with Crippen LogP contribution in [0.25, 0.3) is 11.0 Å².